The topological polar surface area (TPSA) is 26.0 Å². The molecule has 0 aliphatic heterocycles. The monoisotopic (exact) mass is 259 g/mol. The Morgan fingerprint density at radius 3 is 1.89 bits per heavy atom. The maximum absolute atomic E-state index is 13.3. The molecule has 2 fully saturated rings. The molecule has 0 saturated heterocycles. The predicted molar refractivity (Wildman–Crippen MR) is 70.6 cm³/mol. The minimum absolute atomic E-state index is 0.0121. The van der Waals surface area contributed by atoms with Gasteiger partial charge in [-0.2, -0.15) is 0 Å². The summed E-state index contributed by atoms with van der Waals surface area (Å²) >= 11 is 0. The van der Waals surface area contributed by atoms with Gasteiger partial charge in [-0.25, -0.2) is 8.78 Å². The van der Waals surface area contributed by atoms with Gasteiger partial charge in [-0.05, 0) is 61.8 Å². The minimum atomic E-state index is -2.44. The number of rotatable bonds is 2. The molecule has 2 rings (SSSR count). The number of hydrogen-bond donors (Lipinski definition) is 1. The molecule has 0 aromatic carbocycles. The average molecular weight is 259 g/mol. The first kappa shape index (κ1) is 14.2. The first-order valence-corrected chi connectivity index (χ1v) is 7.37. The number of alkyl halides is 2. The van der Waals surface area contributed by atoms with E-state index in [2.05, 4.69) is 13.8 Å². The lowest BCUT2D eigenvalue weighted by atomic mass is 9.58. The van der Waals surface area contributed by atoms with Gasteiger partial charge in [-0.3, -0.25) is 0 Å². The molecule has 2 aliphatic carbocycles. The third-order valence-electron chi connectivity index (χ3n) is 5.59. The van der Waals surface area contributed by atoms with Crippen LogP contribution in [-0.2, 0) is 0 Å². The highest BCUT2D eigenvalue weighted by atomic mass is 19.3. The molecule has 2 N–H and O–H groups in total. The predicted octanol–water partition coefficient (Wildman–Crippen LogP) is 4.36. The Morgan fingerprint density at radius 1 is 0.944 bits per heavy atom. The van der Waals surface area contributed by atoms with Gasteiger partial charge in [0.2, 0.25) is 5.92 Å². The van der Waals surface area contributed by atoms with Gasteiger partial charge in [-0.1, -0.05) is 13.8 Å². The van der Waals surface area contributed by atoms with E-state index in [0.717, 1.165) is 0 Å². The normalized spacial score (nSPS) is 31.2. The van der Waals surface area contributed by atoms with Crippen LogP contribution >= 0.6 is 0 Å². The van der Waals surface area contributed by atoms with Gasteiger partial charge in [0.25, 0.3) is 0 Å². The summed E-state index contributed by atoms with van der Waals surface area (Å²) in [5.74, 6) is -1.86. The Morgan fingerprint density at radius 2 is 1.44 bits per heavy atom. The van der Waals surface area contributed by atoms with Crippen LogP contribution in [0.3, 0.4) is 0 Å². The molecule has 0 aromatic heterocycles. The zero-order valence-electron chi connectivity index (χ0n) is 11.8. The summed E-state index contributed by atoms with van der Waals surface area (Å²) in [5, 5.41) is 0. The molecule has 0 bridgehead atoms. The van der Waals surface area contributed by atoms with Crippen LogP contribution < -0.4 is 5.73 Å². The molecule has 0 unspecified atom stereocenters. The SMILES string of the molecule is CC1(C)CCC(C2(CN)CCC(F)(F)CC2)CC1. The van der Waals surface area contributed by atoms with Gasteiger partial charge >= 0.3 is 0 Å². The Kier molecular flexibility index (Phi) is 3.74. The van der Waals surface area contributed by atoms with Crippen molar-refractivity contribution in [3.8, 4) is 0 Å². The highest BCUT2D eigenvalue weighted by Gasteiger charge is 2.47. The fraction of sp³-hybridized carbons (Fsp3) is 1.00. The summed E-state index contributed by atoms with van der Waals surface area (Å²) in [4.78, 5) is 0. The lowest BCUT2D eigenvalue weighted by Gasteiger charge is -2.48. The van der Waals surface area contributed by atoms with Crippen LogP contribution in [0.15, 0.2) is 0 Å². The summed E-state index contributed by atoms with van der Waals surface area (Å²) < 4.78 is 26.7. The number of halogens is 2. The molecule has 3 heteroatoms. The third kappa shape index (κ3) is 2.87. The van der Waals surface area contributed by atoms with Gasteiger partial charge < -0.3 is 5.73 Å². The molecule has 18 heavy (non-hydrogen) atoms. The highest BCUT2D eigenvalue weighted by Crippen LogP contribution is 2.53. The van der Waals surface area contributed by atoms with Crippen LogP contribution in [0.5, 0.6) is 0 Å². The van der Waals surface area contributed by atoms with Crippen LogP contribution in [0.1, 0.15) is 65.2 Å². The van der Waals surface area contributed by atoms with Crippen molar-refractivity contribution in [3.63, 3.8) is 0 Å². The first-order chi connectivity index (χ1) is 8.29. The first-order valence-electron chi connectivity index (χ1n) is 7.37. The van der Waals surface area contributed by atoms with Crippen LogP contribution in [0.2, 0.25) is 0 Å². The fourth-order valence-electron chi connectivity index (χ4n) is 3.90. The van der Waals surface area contributed by atoms with Crippen molar-refractivity contribution < 1.29 is 8.78 Å². The maximum atomic E-state index is 13.3. The van der Waals surface area contributed by atoms with Crippen LogP contribution in [-0.4, -0.2) is 12.5 Å². The molecule has 0 aromatic rings. The molecule has 1 nitrogen and oxygen atoms in total. The van der Waals surface area contributed by atoms with E-state index in [1.165, 1.54) is 25.7 Å². The second-order valence-corrected chi connectivity index (χ2v) is 7.36. The van der Waals surface area contributed by atoms with Gasteiger partial charge in [0, 0.05) is 12.8 Å². The molecule has 0 spiro atoms. The Bertz CT molecular complexity index is 279. The van der Waals surface area contributed by atoms with Crippen LogP contribution in [0.25, 0.3) is 0 Å². The summed E-state index contributed by atoms with van der Waals surface area (Å²) in [5.41, 5.74) is 6.43. The lowest BCUT2D eigenvalue weighted by molar-refractivity contribution is -0.0857. The minimum Gasteiger partial charge on any atom is -0.330 e. The van der Waals surface area contributed by atoms with E-state index in [4.69, 9.17) is 5.73 Å². The van der Waals surface area contributed by atoms with E-state index in [9.17, 15) is 8.78 Å². The van der Waals surface area contributed by atoms with Gasteiger partial charge in [0.15, 0.2) is 0 Å². The van der Waals surface area contributed by atoms with E-state index in [1.54, 1.807) is 0 Å². The van der Waals surface area contributed by atoms with E-state index < -0.39 is 5.92 Å². The zero-order chi connectivity index (χ0) is 13.4. The van der Waals surface area contributed by atoms with Gasteiger partial charge in [-0.15, -0.1) is 0 Å². The Labute approximate surface area is 110 Å². The fourth-order valence-corrected chi connectivity index (χ4v) is 3.90. The molecule has 2 saturated carbocycles. The van der Waals surface area contributed by atoms with Gasteiger partial charge in [0.1, 0.15) is 0 Å². The van der Waals surface area contributed by atoms with Crippen molar-refractivity contribution in [2.24, 2.45) is 22.5 Å². The maximum Gasteiger partial charge on any atom is 0.248 e. The quantitative estimate of drug-likeness (QED) is 0.783. The summed E-state index contributed by atoms with van der Waals surface area (Å²) in [6.45, 7) is 5.22. The second kappa shape index (κ2) is 4.73. The summed E-state index contributed by atoms with van der Waals surface area (Å²) in [6.07, 6.45) is 6.13. The summed E-state index contributed by atoms with van der Waals surface area (Å²) in [6, 6.07) is 0. The lowest BCUT2D eigenvalue weighted by Crippen LogP contribution is -2.45. The Hall–Kier alpha value is -0.180. The van der Waals surface area contributed by atoms with Crippen molar-refractivity contribution in [1.29, 1.82) is 0 Å². The molecule has 106 valence electrons. The van der Waals surface area contributed by atoms with E-state index in [-0.39, 0.29) is 18.3 Å². The molecule has 2 aliphatic rings. The van der Waals surface area contributed by atoms with Crippen molar-refractivity contribution in [3.05, 3.63) is 0 Å². The number of nitrogens with two attached hydrogens (primary N) is 1. The molecular formula is C15H27F2N. The van der Waals surface area contributed by atoms with Crippen molar-refractivity contribution >= 4 is 0 Å². The van der Waals surface area contributed by atoms with Crippen molar-refractivity contribution in [2.75, 3.05) is 6.54 Å². The molecule has 0 radical (unpaired) electrons. The van der Waals surface area contributed by atoms with E-state index in [0.29, 0.717) is 30.7 Å². The van der Waals surface area contributed by atoms with Crippen molar-refractivity contribution in [1.82, 2.24) is 0 Å². The van der Waals surface area contributed by atoms with Crippen LogP contribution in [0.4, 0.5) is 8.78 Å². The molecule has 0 heterocycles. The average Bonchev–Trinajstić information content (AvgIpc) is 2.30. The van der Waals surface area contributed by atoms with Crippen molar-refractivity contribution in [2.45, 2.75) is 71.1 Å². The molecular weight excluding hydrogens is 232 g/mol. The van der Waals surface area contributed by atoms with Gasteiger partial charge in [0.05, 0.1) is 0 Å². The largest absolute Gasteiger partial charge is 0.330 e. The zero-order valence-corrected chi connectivity index (χ0v) is 11.8. The highest BCUT2D eigenvalue weighted by molar-refractivity contribution is 4.96. The van der Waals surface area contributed by atoms with Crippen LogP contribution in [0, 0.1) is 16.7 Å². The molecule has 0 atom stereocenters. The molecule has 0 amide bonds. The second-order valence-electron chi connectivity index (χ2n) is 7.36. The van der Waals surface area contributed by atoms with E-state index >= 15 is 0 Å². The standard InChI is InChI=1S/C15H27F2N/c1-13(2)5-3-12(4-6-13)14(11-18)7-9-15(16,17)10-8-14/h12H,3-11,18H2,1-2H3. The Balaban J connectivity index is 2.01. The van der Waals surface area contributed by atoms with E-state index in [1.807, 2.05) is 0 Å². The summed E-state index contributed by atoms with van der Waals surface area (Å²) in [7, 11) is 0. The third-order valence-corrected chi connectivity index (χ3v) is 5.59. The number of hydrogen-bond acceptors (Lipinski definition) is 1. The smallest absolute Gasteiger partial charge is 0.248 e.